The molecule has 2 heterocycles. The molecule has 1 aliphatic carbocycles. The van der Waals surface area contributed by atoms with Gasteiger partial charge >= 0.3 is 0 Å². The molecule has 1 N–H and O–H groups in total. The van der Waals surface area contributed by atoms with Gasteiger partial charge in [-0.25, -0.2) is 0 Å². The largest absolute Gasteiger partial charge is 0.355 e. The van der Waals surface area contributed by atoms with Crippen LogP contribution < -0.4 is 5.32 Å². The van der Waals surface area contributed by atoms with Crippen LogP contribution in [0.2, 0.25) is 0 Å². The van der Waals surface area contributed by atoms with Crippen molar-refractivity contribution in [2.45, 2.75) is 63.7 Å². The van der Waals surface area contributed by atoms with Gasteiger partial charge < -0.3 is 9.84 Å². The predicted molar refractivity (Wildman–Crippen MR) is 125 cm³/mol. The van der Waals surface area contributed by atoms with E-state index in [1.165, 1.54) is 37.7 Å². The van der Waals surface area contributed by atoms with Crippen molar-refractivity contribution in [3.8, 4) is 11.4 Å². The first kappa shape index (κ1) is 22.3. The summed E-state index contributed by atoms with van der Waals surface area (Å²) in [5.41, 5.74) is 2.16. The summed E-state index contributed by atoms with van der Waals surface area (Å²) in [7, 11) is 0. The Morgan fingerprint density at radius 1 is 1.19 bits per heavy atom. The number of benzene rings is 1. The van der Waals surface area contributed by atoms with Gasteiger partial charge in [-0.1, -0.05) is 48.2 Å². The second-order valence-electron chi connectivity index (χ2n) is 8.85. The van der Waals surface area contributed by atoms with Gasteiger partial charge in [-0.3, -0.25) is 9.69 Å². The average Bonchev–Trinajstić information content (AvgIpc) is 3.26. The van der Waals surface area contributed by atoms with Crippen molar-refractivity contribution in [1.82, 2.24) is 20.4 Å². The molecule has 1 amide bonds. The van der Waals surface area contributed by atoms with Crippen molar-refractivity contribution >= 4 is 17.7 Å². The monoisotopic (exact) mass is 442 g/mol. The lowest BCUT2D eigenvalue weighted by atomic mass is 9.96. The number of nitrogens with zero attached hydrogens (tertiary/aromatic N) is 3. The number of hydrogen-bond acceptors (Lipinski definition) is 6. The molecule has 0 spiro atoms. The van der Waals surface area contributed by atoms with Crippen LogP contribution in [0.4, 0.5) is 0 Å². The minimum absolute atomic E-state index is 0.126. The van der Waals surface area contributed by atoms with Crippen molar-refractivity contribution in [3.63, 3.8) is 0 Å². The topological polar surface area (TPSA) is 71.3 Å². The molecule has 0 radical (unpaired) electrons. The number of likely N-dealkylation sites (tertiary alicyclic amines) is 1. The Morgan fingerprint density at radius 3 is 2.77 bits per heavy atom. The van der Waals surface area contributed by atoms with Gasteiger partial charge in [-0.05, 0) is 51.8 Å². The molecule has 0 atom stereocenters. The van der Waals surface area contributed by atoms with Crippen LogP contribution in [0.3, 0.4) is 0 Å². The molecular weight excluding hydrogens is 408 g/mol. The number of amides is 1. The molecule has 0 bridgehead atoms. The summed E-state index contributed by atoms with van der Waals surface area (Å²) in [4.78, 5) is 19.4. The highest BCUT2D eigenvalue weighted by atomic mass is 32.2. The van der Waals surface area contributed by atoms with E-state index in [2.05, 4.69) is 39.4 Å². The second-order valence-corrected chi connectivity index (χ2v) is 10.3. The zero-order valence-electron chi connectivity index (χ0n) is 18.5. The average molecular weight is 443 g/mol. The number of nitrogens with one attached hydrogen (secondary N) is 1. The summed E-state index contributed by atoms with van der Waals surface area (Å²) in [6, 6.07) is 8.12. The summed E-state index contributed by atoms with van der Waals surface area (Å²) in [5.74, 6) is 2.67. The Labute approximate surface area is 189 Å². The zero-order chi connectivity index (χ0) is 21.5. The first-order valence-electron chi connectivity index (χ1n) is 11.7. The van der Waals surface area contributed by atoms with Crippen LogP contribution >= 0.6 is 11.8 Å². The van der Waals surface area contributed by atoms with E-state index in [1.54, 1.807) is 0 Å². The molecule has 2 aliphatic rings. The molecule has 1 aliphatic heterocycles. The highest BCUT2D eigenvalue weighted by Crippen LogP contribution is 2.28. The van der Waals surface area contributed by atoms with E-state index in [1.807, 2.05) is 23.9 Å². The number of carbonyl (C=O) groups is 1. The van der Waals surface area contributed by atoms with Crippen molar-refractivity contribution < 1.29 is 9.32 Å². The predicted octanol–water partition coefficient (Wildman–Crippen LogP) is 4.44. The standard InChI is InChI=1S/C24H34N4O2S/c1-18-6-5-7-20(16-18)23-26-22(30-27-23)17-28-13-10-19(11-14-28)24(29)25-12-15-31-21-8-3-2-4-9-21/h5-7,16,19,21H,2-4,8-15,17H2,1H3,(H,25,29). The molecule has 1 saturated carbocycles. The molecule has 168 valence electrons. The molecule has 1 saturated heterocycles. The Kier molecular flexibility index (Phi) is 8.03. The second kappa shape index (κ2) is 11.1. The fraction of sp³-hybridized carbons (Fsp3) is 0.625. The van der Waals surface area contributed by atoms with Crippen molar-refractivity contribution in [1.29, 1.82) is 0 Å². The molecule has 7 heteroatoms. The molecule has 2 fully saturated rings. The van der Waals surface area contributed by atoms with E-state index in [0.717, 1.165) is 49.0 Å². The van der Waals surface area contributed by atoms with Gasteiger partial charge in [0.05, 0.1) is 6.54 Å². The Morgan fingerprint density at radius 2 is 2.00 bits per heavy atom. The first-order valence-corrected chi connectivity index (χ1v) is 12.7. The lowest BCUT2D eigenvalue weighted by Crippen LogP contribution is -2.40. The van der Waals surface area contributed by atoms with Gasteiger partial charge in [-0.2, -0.15) is 16.7 Å². The minimum Gasteiger partial charge on any atom is -0.355 e. The number of hydrogen-bond donors (Lipinski definition) is 1. The van der Waals surface area contributed by atoms with E-state index in [9.17, 15) is 4.79 Å². The number of thioether (sulfide) groups is 1. The lowest BCUT2D eigenvalue weighted by Gasteiger charge is -2.30. The maximum Gasteiger partial charge on any atom is 0.241 e. The van der Waals surface area contributed by atoms with Gasteiger partial charge in [-0.15, -0.1) is 0 Å². The first-order chi connectivity index (χ1) is 15.2. The highest BCUT2D eigenvalue weighted by molar-refractivity contribution is 7.99. The maximum absolute atomic E-state index is 12.5. The van der Waals surface area contributed by atoms with E-state index >= 15 is 0 Å². The highest BCUT2D eigenvalue weighted by Gasteiger charge is 2.26. The Hall–Kier alpha value is -1.86. The smallest absolute Gasteiger partial charge is 0.241 e. The maximum atomic E-state index is 12.5. The van der Waals surface area contributed by atoms with Gasteiger partial charge in [0, 0.05) is 29.0 Å². The third-order valence-corrected chi connectivity index (χ3v) is 7.75. The number of piperidine rings is 1. The van der Waals surface area contributed by atoms with E-state index in [0.29, 0.717) is 18.3 Å². The van der Waals surface area contributed by atoms with E-state index in [-0.39, 0.29) is 11.8 Å². The summed E-state index contributed by atoms with van der Waals surface area (Å²) < 4.78 is 5.47. The molecular formula is C24H34N4O2S. The summed E-state index contributed by atoms with van der Waals surface area (Å²) in [6.07, 6.45) is 8.62. The Bertz CT molecular complexity index is 842. The van der Waals surface area contributed by atoms with E-state index in [4.69, 9.17) is 4.52 Å². The third-order valence-electron chi connectivity index (χ3n) is 6.37. The molecule has 1 aromatic carbocycles. The van der Waals surface area contributed by atoms with Gasteiger partial charge in [0.25, 0.3) is 0 Å². The summed E-state index contributed by atoms with van der Waals surface area (Å²) >= 11 is 2.04. The Balaban J connectivity index is 1.15. The molecule has 0 unspecified atom stereocenters. The van der Waals surface area contributed by atoms with Crippen molar-refractivity contribution in [2.75, 3.05) is 25.4 Å². The normalized spacial score (nSPS) is 18.9. The van der Waals surface area contributed by atoms with Gasteiger partial charge in [0.1, 0.15) is 0 Å². The molecule has 4 rings (SSSR count). The van der Waals surface area contributed by atoms with Crippen molar-refractivity contribution in [3.05, 3.63) is 35.7 Å². The molecule has 2 aromatic rings. The van der Waals surface area contributed by atoms with Crippen LogP contribution in [0.15, 0.2) is 28.8 Å². The van der Waals surface area contributed by atoms with Crippen LogP contribution in [0.25, 0.3) is 11.4 Å². The third kappa shape index (κ3) is 6.56. The lowest BCUT2D eigenvalue weighted by molar-refractivity contribution is -0.126. The molecule has 1 aromatic heterocycles. The van der Waals surface area contributed by atoms with Crippen LogP contribution in [-0.4, -0.2) is 51.6 Å². The number of aromatic nitrogens is 2. The molecule has 31 heavy (non-hydrogen) atoms. The van der Waals surface area contributed by atoms with Gasteiger partial charge in [0.2, 0.25) is 17.6 Å². The number of carbonyl (C=O) groups excluding carboxylic acids is 1. The SMILES string of the molecule is Cc1cccc(-c2noc(CN3CCC(C(=O)NCCSC4CCCCC4)CC3)n2)c1. The molecule has 6 nitrogen and oxygen atoms in total. The quantitative estimate of drug-likeness (QED) is 0.610. The van der Waals surface area contributed by atoms with Crippen LogP contribution in [0, 0.1) is 12.8 Å². The van der Waals surface area contributed by atoms with Crippen molar-refractivity contribution in [2.24, 2.45) is 5.92 Å². The van der Waals surface area contributed by atoms with E-state index < -0.39 is 0 Å². The van der Waals surface area contributed by atoms with Crippen LogP contribution in [-0.2, 0) is 11.3 Å². The summed E-state index contributed by atoms with van der Waals surface area (Å²) in [6.45, 7) is 5.27. The summed E-state index contributed by atoms with van der Waals surface area (Å²) in [5, 5.41) is 8.11. The minimum atomic E-state index is 0.126. The fourth-order valence-electron chi connectivity index (χ4n) is 4.54. The fourth-order valence-corrected chi connectivity index (χ4v) is 5.76. The number of rotatable bonds is 8. The van der Waals surface area contributed by atoms with Crippen LogP contribution in [0.5, 0.6) is 0 Å². The van der Waals surface area contributed by atoms with Crippen LogP contribution in [0.1, 0.15) is 56.4 Å². The number of aryl methyl sites for hydroxylation is 1. The van der Waals surface area contributed by atoms with Gasteiger partial charge in [0.15, 0.2) is 0 Å². The zero-order valence-corrected chi connectivity index (χ0v) is 19.3.